The average Bonchev–Trinajstić information content (AvgIpc) is 3.51. The largest absolute Gasteiger partial charge is 0.497 e. The Morgan fingerprint density at radius 1 is 1.28 bits per heavy atom. The number of methoxy groups -OCH3 is 2. The predicted molar refractivity (Wildman–Crippen MR) is 112 cm³/mol. The van der Waals surface area contributed by atoms with Gasteiger partial charge in [0.25, 0.3) is 5.91 Å². The molecule has 0 unspecified atom stereocenters. The smallest absolute Gasteiger partial charge is 0.253 e. The van der Waals surface area contributed by atoms with E-state index in [1.165, 1.54) is 31.9 Å². The Morgan fingerprint density at radius 3 is 2.72 bits per heavy atom. The first-order valence-corrected chi connectivity index (χ1v) is 10.2. The minimum Gasteiger partial charge on any atom is -0.497 e. The van der Waals surface area contributed by atoms with Crippen LogP contribution in [0.2, 0.25) is 0 Å². The molecule has 2 aliphatic rings. The molecule has 1 aromatic heterocycles. The molecule has 0 aliphatic heterocycles. The van der Waals surface area contributed by atoms with Gasteiger partial charge in [-0.25, -0.2) is 0 Å². The maximum absolute atomic E-state index is 12.6. The van der Waals surface area contributed by atoms with Crippen molar-refractivity contribution in [2.75, 3.05) is 27.4 Å². The SMILES string of the molecule is COC[C@H](CO)NC(=O)c1cnc2c(C3=CCC4(CC3)CC4)cc(OC)cc2c1. The second kappa shape index (κ2) is 8.13. The molecular formula is C23H28N2O4. The van der Waals surface area contributed by atoms with Crippen LogP contribution in [0.4, 0.5) is 0 Å². The Morgan fingerprint density at radius 2 is 2.10 bits per heavy atom. The van der Waals surface area contributed by atoms with Crippen molar-refractivity contribution in [2.24, 2.45) is 5.41 Å². The molecule has 1 aromatic carbocycles. The first kappa shape index (κ1) is 19.9. The fraction of sp³-hybridized carbons (Fsp3) is 0.478. The summed E-state index contributed by atoms with van der Waals surface area (Å²) in [7, 11) is 3.19. The molecular weight excluding hydrogens is 368 g/mol. The number of allylic oxidation sites excluding steroid dienone is 2. The number of hydrogen-bond acceptors (Lipinski definition) is 5. The van der Waals surface area contributed by atoms with Crippen molar-refractivity contribution in [3.05, 3.63) is 41.6 Å². The summed E-state index contributed by atoms with van der Waals surface area (Å²) in [5, 5.41) is 13.0. The Balaban J connectivity index is 1.66. The molecule has 1 amide bonds. The molecule has 2 aromatic rings. The number of benzene rings is 1. The Bertz CT molecular complexity index is 949. The molecule has 0 bridgehead atoms. The average molecular weight is 396 g/mol. The highest BCUT2D eigenvalue weighted by atomic mass is 16.5. The Kier molecular flexibility index (Phi) is 5.56. The van der Waals surface area contributed by atoms with Crippen molar-refractivity contribution in [3.8, 4) is 5.75 Å². The number of fused-ring (bicyclic) bond motifs is 1. The quantitative estimate of drug-likeness (QED) is 0.750. The minimum atomic E-state index is -0.453. The number of aliphatic hydroxyl groups excluding tert-OH is 1. The number of nitrogens with zero attached hydrogens (tertiary/aromatic N) is 1. The highest BCUT2D eigenvalue weighted by Crippen LogP contribution is 2.56. The molecule has 6 heteroatoms. The molecule has 1 fully saturated rings. The molecule has 6 nitrogen and oxygen atoms in total. The lowest BCUT2D eigenvalue weighted by Crippen LogP contribution is -2.40. The monoisotopic (exact) mass is 396 g/mol. The van der Waals surface area contributed by atoms with Crippen LogP contribution >= 0.6 is 0 Å². The number of hydrogen-bond donors (Lipinski definition) is 2. The molecule has 1 atom stereocenters. The molecule has 29 heavy (non-hydrogen) atoms. The lowest BCUT2D eigenvalue weighted by atomic mass is 9.83. The number of rotatable bonds is 7. The number of aliphatic hydroxyl groups is 1. The van der Waals surface area contributed by atoms with Crippen LogP contribution in [-0.4, -0.2) is 49.5 Å². The van der Waals surface area contributed by atoms with E-state index in [0.717, 1.165) is 35.1 Å². The standard InChI is InChI=1S/C23H28N2O4/c1-28-14-18(13-26)25-22(27)17-9-16-10-19(29-2)11-20(21(16)24-12-17)15-3-5-23(6-4-15)7-8-23/h3,9-12,18,26H,4-8,13-14H2,1-2H3,(H,25,27)/t18-/m0/s1. The van der Waals surface area contributed by atoms with Crippen LogP contribution in [0.1, 0.15) is 48.0 Å². The summed E-state index contributed by atoms with van der Waals surface area (Å²) in [4.78, 5) is 17.2. The number of ether oxygens (including phenoxy) is 2. The van der Waals surface area contributed by atoms with Gasteiger partial charge in [-0.2, -0.15) is 0 Å². The lowest BCUT2D eigenvalue weighted by molar-refractivity contribution is 0.0839. The molecule has 1 heterocycles. The minimum absolute atomic E-state index is 0.186. The maximum Gasteiger partial charge on any atom is 0.253 e. The maximum atomic E-state index is 12.6. The van der Waals surface area contributed by atoms with Gasteiger partial charge in [-0.15, -0.1) is 0 Å². The van der Waals surface area contributed by atoms with Gasteiger partial charge in [0.05, 0.1) is 37.4 Å². The molecule has 154 valence electrons. The van der Waals surface area contributed by atoms with Crippen molar-refractivity contribution >= 4 is 22.4 Å². The number of pyridine rings is 1. The molecule has 2 aliphatic carbocycles. The van der Waals surface area contributed by atoms with Crippen LogP contribution < -0.4 is 10.1 Å². The number of carbonyl (C=O) groups excluding carboxylic acids is 1. The van der Waals surface area contributed by atoms with Gasteiger partial charge in [0.15, 0.2) is 0 Å². The third kappa shape index (κ3) is 4.14. The van der Waals surface area contributed by atoms with E-state index in [4.69, 9.17) is 9.47 Å². The van der Waals surface area contributed by atoms with E-state index in [-0.39, 0.29) is 19.1 Å². The predicted octanol–water partition coefficient (Wildman–Crippen LogP) is 3.33. The lowest BCUT2D eigenvalue weighted by Gasteiger charge is -2.22. The fourth-order valence-electron chi connectivity index (χ4n) is 4.14. The van der Waals surface area contributed by atoms with Crippen LogP contribution in [0, 0.1) is 5.41 Å². The fourth-order valence-corrected chi connectivity index (χ4v) is 4.14. The zero-order valence-corrected chi connectivity index (χ0v) is 17.0. The number of aromatic nitrogens is 1. The Hall–Kier alpha value is -2.44. The van der Waals surface area contributed by atoms with E-state index in [1.54, 1.807) is 13.3 Å². The van der Waals surface area contributed by atoms with E-state index in [2.05, 4.69) is 16.4 Å². The summed E-state index contributed by atoms with van der Waals surface area (Å²) in [6.07, 6.45) is 10.1. The van der Waals surface area contributed by atoms with Crippen LogP contribution in [0.5, 0.6) is 5.75 Å². The Labute approximate surface area is 170 Å². The zero-order valence-electron chi connectivity index (χ0n) is 17.0. The molecule has 0 radical (unpaired) electrons. The van der Waals surface area contributed by atoms with Crippen LogP contribution in [-0.2, 0) is 4.74 Å². The normalized spacial score (nSPS) is 18.4. The molecule has 2 N–H and O–H groups in total. The van der Waals surface area contributed by atoms with Crippen molar-refractivity contribution in [2.45, 2.75) is 38.1 Å². The molecule has 0 saturated heterocycles. The first-order valence-electron chi connectivity index (χ1n) is 10.2. The van der Waals surface area contributed by atoms with E-state index < -0.39 is 6.04 Å². The number of amides is 1. The summed E-state index contributed by atoms with van der Waals surface area (Å²) in [6, 6.07) is 5.34. The molecule has 1 saturated carbocycles. The highest BCUT2D eigenvalue weighted by molar-refractivity contribution is 6.00. The van der Waals surface area contributed by atoms with Crippen molar-refractivity contribution in [3.63, 3.8) is 0 Å². The van der Waals surface area contributed by atoms with Crippen molar-refractivity contribution < 1.29 is 19.4 Å². The summed E-state index contributed by atoms with van der Waals surface area (Å²) in [5.74, 6) is 0.472. The first-order chi connectivity index (χ1) is 14.1. The second-order valence-corrected chi connectivity index (χ2v) is 8.21. The van der Waals surface area contributed by atoms with E-state index in [1.807, 2.05) is 18.2 Å². The van der Waals surface area contributed by atoms with E-state index in [9.17, 15) is 9.90 Å². The van der Waals surface area contributed by atoms with Gasteiger partial charge in [0, 0.05) is 24.3 Å². The summed E-state index contributed by atoms with van der Waals surface area (Å²) in [5.41, 5.74) is 4.31. The van der Waals surface area contributed by atoms with Crippen LogP contribution in [0.15, 0.2) is 30.5 Å². The van der Waals surface area contributed by atoms with Crippen LogP contribution in [0.25, 0.3) is 16.5 Å². The van der Waals surface area contributed by atoms with Gasteiger partial charge in [-0.05, 0) is 61.3 Å². The van der Waals surface area contributed by atoms with Gasteiger partial charge in [0.2, 0.25) is 0 Å². The van der Waals surface area contributed by atoms with Crippen LogP contribution in [0.3, 0.4) is 0 Å². The zero-order chi connectivity index (χ0) is 20.4. The number of carbonyl (C=O) groups is 1. The molecule has 1 spiro atoms. The number of nitrogens with one attached hydrogen (secondary N) is 1. The summed E-state index contributed by atoms with van der Waals surface area (Å²) in [6.45, 7) is 0.0606. The van der Waals surface area contributed by atoms with Gasteiger partial charge >= 0.3 is 0 Å². The van der Waals surface area contributed by atoms with Gasteiger partial charge in [0.1, 0.15) is 5.75 Å². The van der Waals surface area contributed by atoms with Gasteiger partial charge in [-0.3, -0.25) is 9.78 Å². The van der Waals surface area contributed by atoms with Gasteiger partial charge in [-0.1, -0.05) is 6.08 Å². The van der Waals surface area contributed by atoms with Crippen molar-refractivity contribution in [1.82, 2.24) is 10.3 Å². The third-order valence-electron chi connectivity index (χ3n) is 6.19. The van der Waals surface area contributed by atoms with Gasteiger partial charge < -0.3 is 19.9 Å². The second-order valence-electron chi connectivity index (χ2n) is 8.21. The highest BCUT2D eigenvalue weighted by Gasteiger charge is 2.42. The summed E-state index contributed by atoms with van der Waals surface area (Å²) < 4.78 is 10.5. The summed E-state index contributed by atoms with van der Waals surface area (Å²) >= 11 is 0. The topological polar surface area (TPSA) is 80.7 Å². The van der Waals surface area contributed by atoms with E-state index >= 15 is 0 Å². The van der Waals surface area contributed by atoms with Crippen molar-refractivity contribution in [1.29, 1.82) is 0 Å². The third-order valence-corrected chi connectivity index (χ3v) is 6.19. The molecule has 4 rings (SSSR count). The van der Waals surface area contributed by atoms with E-state index in [0.29, 0.717) is 11.0 Å².